The van der Waals surface area contributed by atoms with E-state index < -0.39 is 5.97 Å². The highest BCUT2D eigenvalue weighted by atomic mass is 79.9. The molecule has 0 radical (unpaired) electrons. The summed E-state index contributed by atoms with van der Waals surface area (Å²) in [6.45, 7) is 0. The van der Waals surface area contributed by atoms with Crippen LogP contribution in [0.3, 0.4) is 0 Å². The van der Waals surface area contributed by atoms with Crippen molar-refractivity contribution in [3.63, 3.8) is 0 Å². The Morgan fingerprint density at radius 2 is 1.44 bits per heavy atom. The summed E-state index contributed by atoms with van der Waals surface area (Å²) >= 11 is 0. The van der Waals surface area contributed by atoms with Crippen LogP contribution in [0.2, 0.25) is 0 Å². The number of hydrogen-bond acceptors (Lipinski definition) is 3. The summed E-state index contributed by atoms with van der Waals surface area (Å²) in [5.41, 5.74) is 2.23. The Bertz CT molecular complexity index is 1070. The van der Waals surface area contributed by atoms with Crippen LogP contribution < -0.4 is 21.8 Å². The number of aromatic carboxylic acids is 1. The standard InChI is InChI=1S/C20H14N4O2.BrH/c25-20(26)17-13-7-8-14-18(17)24-22-19(15-9-3-1-4-10-15)21-23(24)16-11-5-2-6-12-16;/h1-14H;1H. The van der Waals surface area contributed by atoms with Gasteiger partial charge in [-0.3, -0.25) is 0 Å². The van der Waals surface area contributed by atoms with Crippen molar-refractivity contribution >= 4 is 5.97 Å². The Labute approximate surface area is 166 Å². The van der Waals surface area contributed by atoms with Crippen molar-refractivity contribution in [2.45, 2.75) is 0 Å². The summed E-state index contributed by atoms with van der Waals surface area (Å²) in [7, 11) is 0. The van der Waals surface area contributed by atoms with Gasteiger partial charge in [0.1, 0.15) is 11.3 Å². The Morgan fingerprint density at radius 1 is 0.852 bits per heavy atom. The van der Waals surface area contributed by atoms with E-state index >= 15 is 0 Å². The minimum atomic E-state index is -1.02. The third kappa shape index (κ3) is 3.63. The predicted octanol–water partition coefficient (Wildman–Crippen LogP) is -0.0868. The van der Waals surface area contributed by atoms with Gasteiger partial charge in [0.25, 0.3) is 0 Å². The van der Waals surface area contributed by atoms with Crippen LogP contribution in [0.25, 0.3) is 22.8 Å². The van der Waals surface area contributed by atoms with E-state index in [2.05, 4.69) is 10.2 Å². The van der Waals surface area contributed by atoms with Crippen molar-refractivity contribution in [2.75, 3.05) is 0 Å². The van der Waals surface area contributed by atoms with Crippen LogP contribution in [-0.2, 0) is 0 Å². The number of tetrazole rings is 1. The van der Waals surface area contributed by atoms with Gasteiger partial charge in [0.2, 0.25) is 0 Å². The number of rotatable bonds is 4. The first-order chi connectivity index (χ1) is 12.7. The Balaban J connectivity index is 0.00000210. The van der Waals surface area contributed by atoms with Gasteiger partial charge in [-0.25, -0.2) is 4.79 Å². The number of carboxylic acids is 1. The monoisotopic (exact) mass is 422 g/mol. The molecule has 3 aromatic carbocycles. The van der Waals surface area contributed by atoms with Gasteiger partial charge in [0.15, 0.2) is 5.69 Å². The number of aromatic nitrogens is 4. The molecule has 0 aliphatic rings. The van der Waals surface area contributed by atoms with E-state index in [-0.39, 0.29) is 22.5 Å². The molecule has 7 heteroatoms. The Kier molecular flexibility index (Phi) is 5.42. The molecule has 0 saturated carbocycles. The molecular formula is C20H15BrN4O2. The maximum absolute atomic E-state index is 11.6. The zero-order chi connectivity index (χ0) is 17.9. The van der Waals surface area contributed by atoms with Gasteiger partial charge in [-0.2, -0.15) is 0 Å². The maximum atomic E-state index is 11.6. The first-order valence-electron chi connectivity index (χ1n) is 8.07. The normalized spacial score (nSPS) is 10.2. The highest BCUT2D eigenvalue weighted by molar-refractivity contribution is 5.90. The second-order valence-corrected chi connectivity index (χ2v) is 5.63. The Hall–Kier alpha value is -3.32. The average molecular weight is 423 g/mol. The van der Waals surface area contributed by atoms with Crippen molar-refractivity contribution in [2.24, 2.45) is 0 Å². The maximum Gasteiger partial charge on any atom is 0.340 e. The molecule has 0 spiro atoms. The van der Waals surface area contributed by atoms with E-state index in [0.717, 1.165) is 11.3 Å². The predicted molar refractivity (Wildman–Crippen MR) is 95.3 cm³/mol. The lowest BCUT2D eigenvalue weighted by Gasteiger charge is -2.02. The molecule has 134 valence electrons. The third-order valence-electron chi connectivity index (χ3n) is 3.93. The molecule has 0 amide bonds. The van der Waals surface area contributed by atoms with Crippen LogP contribution >= 0.6 is 0 Å². The molecule has 0 bridgehead atoms. The first kappa shape index (κ1) is 18.5. The number of para-hydroxylation sites is 2. The summed E-state index contributed by atoms with van der Waals surface area (Å²) < 4.78 is 0. The number of carbonyl (C=O) groups is 1. The summed E-state index contributed by atoms with van der Waals surface area (Å²) in [5, 5.41) is 18.7. The Morgan fingerprint density at radius 3 is 2.11 bits per heavy atom. The van der Waals surface area contributed by atoms with Crippen LogP contribution in [0.15, 0.2) is 84.9 Å². The SMILES string of the molecule is O=C(O)c1ccccc1-[n+]1nc(-c2ccccc2)nn1-c1ccccc1.[Br-]. The van der Waals surface area contributed by atoms with Gasteiger partial charge in [-0.15, -0.1) is 0 Å². The van der Waals surface area contributed by atoms with Crippen molar-refractivity contribution < 1.29 is 31.7 Å². The highest BCUT2D eigenvalue weighted by Gasteiger charge is 2.26. The smallest absolute Gasteiger partial charge is 0.340 e. The summed E-state index contributed by atoms with van der Waals surface area (Å²) in [4.78, 5) is 14.8. The molecule has 4 rings (SSSR count). The van der Waals surface area contributed by atoms with Gasteiger partial charge in [0, 0.05) is 4.80 Å². The molecule has 0 fully saturated rings. The van der Waals surface area contributed by atoms with Gasteiger partial charge in [-0.1, -0.05) is 48.5 Å². The van der Waals surface area contributed by atoms with Crippen molar-refractivity contribution in [1.82, 2.24) is 15.0 Å². The minimum Gasteiger partial charge on any atom is -1.00 e. The van der Waals surface area contributed by atoms with Crippen LogP contribution in [0.4, 0.5) is 0 Å². The molecule has 1 aromatic heterocycles. The summed E-state index contributed by atoms with van der Waals surface area (Å²) in [5.74, 6) is -0.508. The third-order valence-corrected chi connectivity index (χ3v) is 3.93. The zero-order valence-corrected chi connectivity index (χ0v) is 15.7. The van der Waals surface area contributed by atoms with Gasteiger partial charge in [-0.05, 0) is 46.3 Å². The lowest BCUT2D eigenvalue weighted by atomic mass is 10.2. The van der Waals surface area contributed by atoms with Crippen molar-refractivity contribution in [1.29, 1.82) is 0 Å². The van der Waals surface area contributed by atoms with E-state index in [0.29, 0.717) is 11.5 Å². The summed E-state index contributed by atoms with van der Waals surface area (Å²) in [6.07, 6.45) is 0. The fourth-order valence-electron chi connectivity index (χ4n) is 2.70. The lowest BCUT2D eigenvalue weighted by Crippen LogP contribution is -3.00. The topological polar surface area (TPSA) is 71.9 Å². The zero-order valence-electron chi connectivity index (χ0n) is 14.1. The van der Waals surface area contributed by atoms with Crippen LogP contribution in [0.5, 0.6) is 0 Å². The number of hydrogen-bond donors (Lipinski definition) is 1. The average Bonchev–Trinajstić information content (AvgIpc) is 3.14. The number of benzene rings is 3. The largest absolute Gasteiger partial charge is 1.00 e. The molecule has 1 heterocycles. The number of nitrogens with zero attached hydrogens (tertiary/aromatic N) is 4. The second-order valence-electron chi connectivity index (χ2n) is 5.63. The molecule has 1 N–H and O–H groups in total. The molecule has 27 heavy (non-hydrogen) atoms. The van der Waals surface area contributed by atoms with E-state index in [1.165, 1.54) is 4.80 Å². The fourth-order valence-corrected chi connectivity index (χ4v) is 2.70. The van der Waals surface area contributed by atoms with Crippen LogP contribution in [0.1, 0.15) is 10.4 Å². The second kappa shape index (κ2) is 7.92. The summed E-state index contributed by atoms with van der Waals surface area (Å²) in [6, 6.07) is 25.8. The molecule has 0 atom stereocenters. The van der Waals surface area contributed by atoms with E-state index in [1.54, 1.807) is 29.1 Å². The quantitative estimate of drug-likeness (QED) is 0.466. The van der Waals surface area contributed by atoms with Crippen LogP contribution in [-0.4, -0.2) is 26.1 Å². The molecular weight excluding hydrogens is 408 g/mol. The fraction of sp³-hybridized carbons (Fsp3) is 0. The van der Waals surface area contributed by atoms with Gasteiger partial charge >= 0.3 is 11.8 Å². The van der Waals surface area contributed by atoms with Crippen molar-refractivity contribution in [3.05, 3.63) is 90.5 Å². The minimum absolute atomic E-state index is 0. The molecule has 0 aliphatic heterocycles. The molecule has 0 saturated heterocycles. The molecule has 6 nitrogen and oxygen atoms in total. The van der Waals surface area contributed by atoms with E-state index in [4.69, 9.17) is 0 Å². The molecule has 4 aromatic rings. The van der Waals surface area contributed by atoms with Crippen molar-refractivity contribution in [3.8, 4) is 22.8 Å². The number of carboxylic acid groups (broad SMARTS) is 1. The number of halogens is 1. The first-order valence-corrected chi connectivity index (χ1v) is 8.07. The van der Waals surface area contributed by atoms with Gasteiger partial charge in [0.05, 0.1) is 10.7 Å². The van der Waals surface area contributed by atoms with Gasteiger partial charge < -0.3 is 22.1 Å². The molecule has 0 unspecified atom stereocenters. The van der Waals surface area contributed by atoms with E-state index in [9.17, 15) is 9.90 Å². The lowest BCUT2D eigenvalue weighted by molar-refractivity contribution is -0.734. The van der Waals surface area contributed by atoms with Crippen LogP contribution in [0, 0.1) is 0 Å². The van der Waals surface area contributed by atoms with E-state index in [1.807, 2.05) is 60.7 Å². The highest BCUT2D eigenvalue weighted by Crippen LogP contribution is 2.16. The molecule has 0 aliphatic carbocycles.